The molecule has 0 aromatic heterocycles. The minimum Gasteiger partial charge on any atom is -0.481 e. The zero-order valence-electron chi connectivity index (χ0n) is 11.8. The van der Waals surface area contributed by atoms with E-state index in [0.29, 0.717) is 13.0 Å². The van der Waals surface area contributed by atoms with Crippen LogP contribution in [0, 0.1) is 5.41 Å². The van der Waals surface area contributed by atoms with E-state index in [1.54, 1.807) is 11.9 Å². The van der Waals surface area contributed by atoms with Gasteiger partial charge in [0.25, 0.3) is 0 Å². The Morgan fingerprint density at radius 1 is 1.25 bits per heavy atom. The molecule has 0 spiro atoms. The van der Waals surface area contributed by atoms with E-state index in [4.69, 9.17) is 5.11 Å². The second-order valence-corrected chi connectivity index (χ2v) is 5.67. The monoisotopic (exact) mass is 275 g/mol. The molecular formula is C16H21NO3. The summed E-state index contributed by atoms with van der Waals surface area (Å²) in [6.45, 7) is 0.516. The lowest BCUT2D eigenvalue weighted by molar-refractivity contribution is -0.139. The highest BCUT2D eigenvalue weighted by Crippen LogP contribution is 2.49. The molecule has 4 heteroatoms. The van der Waals surface area contributed by atoms with Crippen molar-refractivity contribution < 1.29 is 14.7 Å². The predicted octanol–water partition coefficient (Wildman–Crippen LogP) is 2.33. The molecule has 0 aliphatic heterocycles. The molecule has 20 heavy (non-hydrogen) atoms. The van der Waals surface area contributed by atoms with Crippen LogP contribution < -0.4 is 0 Å². The van der Waals surface area contributed by atoms with Crippen molar-refractivity contribution in [1.29, 1.82) is 0 Å². The Kier molecular flexibility index (Phi) is 4.42. The third-order valence-corrected chi connectivity index (χ3v) is 3.92. The van der Waals surface area contributed by atoms with Gasteiger partial charge in [-0.05, 0) is 31.2 Å². The minimum atomic E-state index is -0.809. The van der Waals surface area contributed by atoms with Crippen LogP contribution >= 0.6 is 0 Å². The van der Waals surface area contributed by atoms with Crippen molar-refractivity contribution in [3.8, 4) is 0 Å². The van der Waals surface area contributed by atoms with E-state index in [9.17, 15) is 9.59 Å². The Morgan fingerprint density at radius 2 is 1.90 bits per heavy atom. The fraction of sp³-hybridized carbons (Fsp3) is 0.500. The van der Waals surface area contributed by atoms with E-state index in [1.807, 2.05) is 18.2 Å². The van der Waals surface area contributed by atoms with E-state index in [-0.39, 0.29) is 17.7 Å². The van der Waals surface area contributed by atoms with Gasteiger partial charge in [0.15, 0.2) is 0 Å². The second-order valence-electron chi connectivity index (χ2n) is 5.67. The molecule has 1 aromatic carbocycles. The molecule has 0 bridgehead atoms. The van der Waals surface area contributed by atoms with Gasteiger partial charge in [0.05, 0.1) is 5.41 Å². The van der Waals surface area contributed by atoms with Crippen LogP contribution in [-0.4, -0.2) is 35.5 Å². The van der Waals surface area contributed by atoms with Crippen molar-refractivity contribution in [1.82, 2.24) is 4.90 Å². The number of carbonyl (C=O) groups excluding carboxylic acids is 1. The van der Waals surface area contributed by atoms with Gasteiger partial charge in [-0.3, -0.25) is 9.59 Å². The summed E-state index contributed by atoms with van der Waals surface area (Å²) in [5.41, 5.74) is 0.955. The normalized spacial score (nSPS) is 15.7. The highest BCUT2D eigenvalue weighted by atomic mass is 16.4. The zero-order chi connectivity index (χ0) is 14.6. The maximum atomic E-state index is 12.5. The molecule has 1 aliphatic rings. The Labute approximate surface area is 119 Å². The molecule has 1 fully saturated rings. The Hall–Kier alpha value is -1.84. The first kappa shape index (κ1) is 14.6. The lowest BCUT2D eigenvalue weighted by Crippen LogP contribution is -2.36. The molecule has 1 aromatic rings. The molecule has 4 nitrogen and oxygen atoms in total. The number of nitrogens with zero attached hydrogens (tertiary/aromatic N) is 1. The summed E-state index contributed by atoms with van der Waals surface area (Å²) in [5.74, 6) is -0.650. The first-order valence-electron chi connectivity index (χ1n) is 7.05. The first-order chi connectivity index (χ1) is 9.53. The second kappa shape index (κ2) is 6.07. The quantitative estimate of drug-likeness (QED) is 0.831. The fourth-order valence-corrected chi connectivity index (χ4v) is 2.58. The van der Waals surface area contributed by atoms with Gasteiger partial charge >= 0.3 is 5.97 Å². The summed E-state index contributed by atoms with van der Waals surface area (Å²) in [6, 6.07) is 10.1. The van der Waals surface area contributed by atoms with Gasteiger partial charge < -0.3 is 10.0 Å². The number of carbonyl (C=O) groups is 2. The number of rotatable bonds is 7. The van der Waals surface area contributed by atoms with Gasteiger partial charge in [-0.1, -0.05) is 30.3 Å². The van der Waals surface area contributed by atoms with Crippen molar-refractivity contribution in [2.24, 2.45) is 5.41 Å². The topological polar surface area (TPSA) is 57.6 Å². The molecule has 1 N–H and O–H groups in total. The maximum Gasteiger partial charge on any atom is 0.303 e. The lowest BCUT2D eigenvalue weighted by Gasteiger charge is -2.23. The van der Waals surface area contributed by atoms with E-state index in [2.05, 4.69) is 12.1 Å². The van der Waals surface area contributed by atoms with Crippen molar-refractivity contribution in [2.75, 3.05) is 13.6 Å². The van der Waals surface area contributed by atoms with Crippen LogP contribution in [-0.2, 0) is 16.0 Å². The SMILES string of the molecule is CN(CCCC(=O)O)C(=O)C1(Cc2ccccc2)CC1. The van der Waals surface area contributed by atoms with E-state index in [1.165, 1.54) is 5.56 Å². The molecule has 108 valence electrons. The van der Waals surface area contributed by atoms with Crippen LogP contribution in [0.25, 0.3) is 0 Å². The van der Waals surface area contributed by atoms with Crippen LogP contribution in [0.5, 0.6) is 0 Å². The number of carboxylic acids is 1. The van der Waals surface area contributed by atoms with Gasteiger partial charge in [0, 0.05) is 20.0 Å². The smallest absolute Gasteiger partial charge is 0.303 e. The molecule has 0 saturated heterocycles. The van der Waals surface area contributed by atoms with Crippen molar-refractivity contribution in [3.05, 3.63) is 35.9 Å². The summed E-state index contributed by atoms with van der Waals surface area (Å²) >= 11 is 0. The first-order valence-corrected chi connectivity index (χ1v) is 7.05. The van der Waals surface area contributed by atoms with E-state index < -0.39 is 5.97 Å². The molecule has 0 heterocycles. The molecular weight excluding hydrogens is 254 g/mol. The van der Waals surface area contributed by atoms with Crippen LogP contribution in [0.2, 0.25) is 0 Å². The average Bonchev–Trinajstić information content (AvgIpc) is 3.19. The molecule has 0 atom stereocenters. The van der Waals surface area contributed by atoms with Crippen LogP contribution in [0.15, 0.2) is 30.3 Å². The number of carboxylic acid groups (broad SMARTS) is 1. The summed E-state index contributed by atoms with van der Waals surface area (Å²) in [4.78, 5) is 24.7. The summed E-state index contributed by atoms with van der Waals surface area (Å²) in [6.07, 6.45) is 3.28. The van der Waals surface area contributed by atoms with Gasteiger partial charge in [0.1, 0.15) is 0 Å². The number of aliphatic carboxylic acids is 1. The van der Waals surface area contributed by atoms with Gasteiger partial charge in [-0.15, -0.1) is 0 Å². The maximum absolute atomic E-state index is 12.5. The third kappa shape index (κ3) is 3.59. The largest absolute Gasteiger partial charge is 0.481 e. The number of hydrogen-bond donors (Lipinski definition) is 1. The lowest BCUT2D eigenvalue weighted by atomic mass is 9.95. The zero-order valence-corrected chi connectivity index (χ0v) is 11.8. The molecule has 0 radical (unpaired) electrons. The summed E-state index contributed by atoms with van der Waals surface area (Å²) in [5, 5.41) is 8.63. The third-order valence-electron chi connectivity index (χ3n) is 3.92. The minimum absolute atomic E-state index is 0.114. The van der Waals surface area contributed by atoms with Crippen LogP contribution in [0.4, 0.5) is 0 Å². The van der Waals surface area contributed by atoms with Gasteiger partial charge in [0.2, 0.25) is 5.91 Å². The van der Waals surface area contributed by atoms with Gasteiger partial charge in [-0.25, -0.2) is 0 Å². The molecule has 1 aliphatic carbocycles. The van der Waals surface area contributed by atoms with Crippen LogP contribution in [0.1, 0.15) is 31.2 Å². The number of amides is 1. The predicted molar refractivity (Wildman–Crippen MR) is 76.3 cm³/mol. The Balaban J connectivity index is 1.89. The summed E-state index contributed by atoms with van der Waals surface area (Å²) < 4.78 is 0. The number of benzene rings is 1. The van der Waals surface area contributed by atoms with Crippen LogP contribution in [0.3, 0.4) is 0 Å². The van der Waals surface area contributed by atoms with E-state index >= 15 is 0 Å². The molecule has 1 amide bonds. The molecule has 1 saturated carbocycles. The molecule has 0 unspecified atom stereocenters. The average molecular weight is 275 g/mol. The van der Waals surface area contributed by atoms with Crippen molar-refractivity contribution >= 4 is 11.9 Å². The fourth-order valence-electron chi connectivity index (χ4n) is 2.58. The van der Waals surface area contributed by atoms with Gasteiger partial charge in [-0.2, -0.15) is 0 Å². The Bertz CT molecular complexity index is 480. The Morgan fingerprint density at radius 3 is 2.45 bits per heavy atom. The highest BCUT2D eigenvalue weighted by molar-refractivity contribution is 5.85. The standard InChI is InChI=1S/C16H21NO3/c1-17(11-5-8-14(18)19)15(20)16(9-10-16)12-13-6-3-2-4-7-13/h2-4,6-7H,5,8-12H2,1H3,(H,18,19). The highest BCUT2D eigenvalue weighted by Gasteiger charge is 2.50. The molecule has 2 rings (SSSR count). The number of hydrogen-bond acceptors (Lipinski definition) is 2. The van der Waals surface area contributed by atoms with E-state index in [0.717, 1.165) is 19.3 Å². The van der Waals surface area contributed by atoms with Crippen molar-refractivity contribution in [3.63, 3.8) is 0 Å². The summed E-state index contributed by atoms with van der Waals surface area (Å²) in [7, 11) is 1.77. The van der Waals surface area contributed by atoms with Crippen molar-refractivity contribution in [2.45, 2.75) is 32.1 Å².